The molecule has 3 aliphatic rings. The van der Waals surface area contributed by atoms with Crippen LogP contribution in [0.4, 0.5) is 0 Å². The van der Waals surface area contributed by atoms with E-state index in [9.17, 15) is 61.0 Å². The molecule has 3 saturated heterocycles. The molecule has 3 rings (SSSR count). The lowest BCUT2D eigenvalue weighted by Crippen LogP contribution is -2.66. The number of allylic oxidation sites excluding steroid dienone is 2. The Morgan fingerprint density at radius 1 is 0.376 bits per heavy atom. The molecule has 17 unspecified atom stereocenters. The van der Waals surface area contributed by atoms with E-state index < -0.39 is 124 Å². The lowest BCUT2D eigenvalue weighted by atomic mass is 9.96. The molecular weight excluding hydrogens is 1190 g/mol. The van der Waals surface area contributed by atoms with Gasteiger partial charge in [-0.15, -0.1) is 0 Å². The van der Waals surface area contributed by atoms with E-state index in [1.807, 2.05) is 0 Å². The lowest BCUT2D eigenvalue weighted by Gasteiger charge is -2.48. The molecule has 550 valence electrons. The van der Waals surface area contributed by atoms with Crippen molar-refractivity contribution in [2.75, 3.05) is 26.4 Å². The van der Waals surface area contributed by atoms with E-state index in [1.54, 1.807) is 0 Å². The molecule has 3 aliphatic heterocycles. The Morgan fingerprint density at radius 2 is 0.677 bits per heavy atom. The van der Waals surface area contributed by atoms with Crippen LogP contribution in [-0.4, -0.2) is 193 Å². The number of rotatable bonds is 61. The average Bonchev–Trinajstić information content (AvgIpc) is 0.814. The molecule has 0 aromatic carbocycles. The zero-order chi connectivity index (χ0) is 67.5. The van der Waals surface area contributed by atoms with Gasteiger partial charge in [-0.1, -0.05) is 289 Å². The second kappa shape index (κ2) is 56.3. The fraction of sp³-hybridized carbons (Fsp3) is 0.959. The van der Waals surface area contributed by atoms with Crippen LogP contribution >= 0.6 is 0 Å². The third kappa shape index (κ3) is 37.5. The molecule has 3 fully saturated rings. The van der Waals surface area contributed by atoms with E-state index in [0.717, 1.165) is 64.2 Å². The van der Waals surface area contributed by atoms with Crippen LogP contribution in [0, 0.1) is 0 Å². The number of carbonyl (C=O) groups is 1. The van der Waals surface area contributed by atoms with Crippen LogP contribution < -0.4 is 5.32 Å². The Balaban J connectivity index is 1.34. The molecule has 0 aliphatic carbocycles. The maximum absolute atomic E-state index is 13.4. The van der Waals surface area contributed by atoms with Crippen molar-refractivity contribution in [1.29, 1.82) is 0 Å². The summed E-state index contributed by atoms with van der Waals surface area (Å²) in [5.41, 5.74) is 0. The summed E-state index contributed by atoms with van der Waals surface area (Å²) < 4.78 is 34.5. The third-order valence-corrected chi connectivity index (χ3v) is 19.6. The van der Waals surface area contributed by atoms with Crippen LogP contribution in [0.3, 0.4) is 0 Å². The van der Waals surface area contributed by atoms with E-state index in [2.05, 4.69) is 31.3 Å². The molecule has 0 spiro atoms. The van der Waals surface area contributed by atoms with Crippen molar-refractivity contribution in [3.8, 4) is 0 Å². The number of carbonyl (C=O) groups excluding carboxylic acids is 1. The van der Waals surface area contributed by atoms with Gasteiger partial charge in [0.15, 0.2) is 18.9 Å². The molecule has 19 nitrogen and oxygen atoms in total. The zero-order valence-corrected chi connectivity index (χ0v) is 58.5. The number of nitrogens with one attached hydrogen (secondary N) is 1. The molecule has 0 saturated carbocycles. The van der Waals surface area contributed by atoms with Gasteiger partial charge in [0.25, 0.3) is 0 Å². The summed E-state index contributed by atoms with van der Waals surface area (Å²) in [5, 5.41) is 121. The number of aliphatic hydroxyl groups is 11. The summed E-state index contributed by atoms with van der Waals surface area (Å²) in [6.45, 7) is 1.83. The topological polar surface area (TPSA) is 307 Å². The van der Waals surface area contributed by atoms with Gasteiger partial charge in [0.1, 0.15) is 73.2 Å². The van der Waals surface area contributed by atoms with Crippen LogP contribution in [0.15, 0.2) is 12.2 Å². The Bertz CT molecular complexity index is 1730. The predicted molar refractivity (Wildman–Crippen MR) is 365 cm³/mol. The number of aliphatic hydroxyl groups excluding tert-OH is 11. The maximum atomic E-state index is 13.4. The number of hydrogen-bond acceptors (Lipinski definition) is 18. The third-order valence-electron chi connectivity index (χ3n) is 19.6. The van der Waals surface area contributed by atoms with Gasteiger partial charge in [-0.2, -0.15) is 0 Å². The highest BCUT2D eigenvalue weighted by Crippen LogP contribution is 2.33. The highest BCUT2D eigenvalue weighted by atomic mass is 16.8. The number of hydrogen-bond donors (Lipinski definition) is 12. The van der Waals surface area contributed by atoms with Gasteiger partial charge in [0.2, 0.25) is 5.91 Å². The summed E-state index contributed by atoms with van der Waals surface area (Å²) in [4.78, 5) is 13.4. The summed E-state index contributed by atoms with van der Waals surface area (Å²) in [5.74, 6) is -0.247. The first-order valence-electron chi connectivity index (χ1n) is 38.4. The molecule has 3 heterocycles. The monoisotopic (exact) mass is 1330 g/mol. The molecule has 0 bridgehead atoms. The Hall–Kier alpha value is -1.47. The molecule has 17 atom stereocenters. The fourth-order valence-corrected chi connectivity index (χ4v) is 13.4. The van der Waals surface area contributed by atoms with Crippen molar-refractivity contribution in [3.63, 3.8) is 0 Å². The van der Waals surface area contributed by atoms with Gasteiger partial charge < -0.3 is 89.9 Å². The summed E-state index contributed by atoms with van der Waals surface area (Å²) in [7, 11) is 0. The molecule has 19 heteroatoms. The van der Waals surface area contributed by atoms with E-state index >= 15 is 0 Å². The van der Waals surface area contributed by atoms with E-state index in [-0.39, 0.29) is 18.9 Å². The highest BCUT2D eigenvalue weighted by molar-refractivity contribution is 5.76. The van der Waals surface area contributed by atoms with E-state index in [1.165, 1.54) is 225 Å². The summed E-state index contributed by atoms with van der Waals surface area (Å²) >= 11 is 0. The first-order chi connectivity index (χ1) is 45.3. The minimum atomic E-state index is -1.97. The first kappa shape index (κ1) is 85.8. The van der Waals surface area contributed by atoms with Crippen molar-refractivity contribution >= 4 is 5.91 Å². The maximum Gasteiger partial charge on any atom is 0.220 e. The van der Waals surface area contributed by atoms with Crippen molar-refractivity contribution in [3.05, 3.63) is 12.2 Å². The quantitative estimate of drug-likeness (QED) is 0.0199. The molecule has 1 amide bonds. The summed E-state index contributed by atoms with van der Waals surface area (Å²) in [6, 6.07) is -0.890. The lowest BCUT2D eigenvalue weighted by molar-refractivity contribution is -0.379. The molecule has 0 aromatic rings. The molecular formula is C74H141NO18. The van der Waals surface area contributed by atoms with Crippen LogP contribution in [0.1, 0.15) is 322 Å². The Kier molecular flexibility index (Phi) is 51.9. The van der Waals surface area contributed by atoms with Gasteiger partial charge in [-0.25, -0.2) is 0 Å². The molecule has 12 N–H and O–H groups in total. The summed E-state index contributed by atoms with van der Waals surface area (Å²) in [6.07, 6.45) is 37.5. The van der Waals surface area contributed by atoms with Crippen LogP contribution in [0.5, 0.6) is 0 Å². The normalized spacial score (nSPS) is 27.5. The Morgan fingerprint density at radius 3 is 1.04 bits per heavy atom. The largest absolute Gasteiger partial charge is 0.394 e. The minimum Gasteiger partial charge on any atom is -0.394 e. The standard InChI is InChI=1S/C74H141NO18/c1-3-5-7-9-11-13-15-17-19-20-21-22-23-24-25-26-27-28-29-30-31-32-33-34-35-36-38-39-41-43-45-47-49-51-58(79)57(75-62(80)52-50-48-46-44-42-40-37-18-16-14-12-10-8-6-4-2)56-88-72-68(86)65(83)70(60(54-77)90-72)93-74-69(87)66(84)71(61(55-78)91-74)92-73-67(85)64(82)63(81)59(53-76)89-73/h18,37,57-61,63-74,76-79,81-87H,3-17,19-36,38-56H2,1-2H3,(H,75,80)/b37-18-. The Labute approximate surface area is 563 Å². The van der Waals surface area contributed by atoms with Crippen LogP contribution in [-0.2, 0) is 33.2 Å². The van der Waals surface area contributed by atoms with Crippen molar-refractivity contribution < 1.29 is 89.4 Å². The average molecular weight is 1330 g/mol. The van der Waals surface area contributed by atoms with E-state index in [0.29, 0.717) is 12.8 Å². The number of ether oxygens (including phenoxy) is 6. The molecule has 0 radical (unpaired) electrons. The molecule has 93 heavy (non-hydrogen) atoms. The van der Waals surface area contributed by atoms with Gasteiger partial charge in [0, 0.05) is 6.42 Å². The second-order valence-electron chi connectivity index (χ2n) is 27.8. The first-order valence-corrected chi connectivity index (χ1v) is 38.4. The van der Waals surface area contributed by atoms with Gasteiger partial charge in [-0.05, 0) is 38.5 Å². The van der Waals surface area contributed by atoms with Crippen molar-refractivity contribution in [1.82, 2.24) is 5.32 Å². The highest BCUT2D eigenvalue weighted by Gasteiger charge is 2.53. The number of unbranched alkanes of at least 4 members (excludes halogenated alkanes) is 43. The van der Waals surface area contributed by atoms with Gasteiger partial charge in [-0.3, -0.25) is 4.79 Å². The van der Waals surface area contributed by atoms with Crippen LogP contribution in [0.25, 0.3) is 0 Å². The smallest absolute Gasteiger partial charge is 0.220 e. The minimum absolute atomic E-state index is 0.247. The van der Waals surface area contributed by atoms with E-state index in [4.69, 9.17) is 28.4 Å². The van der Waals surface area contributed by atoms with Gasteiger partial charge in [0.05, 0.1) is 38.6 Å². The molecule has 0 aromatic heterocycles. The van der Waals surface area contributed by atoms with Crippen molar-refractivity contribution in [2.45, 2.75) is 426 Å². The zero-order valence-electron chi connectivity index (χ0n) is 58.5. The van der Waals surface area contributed by atoms with Crippen LogP contribution in [0.2, 0.25) is 0 Å². The predicted octanol–water partition coefficient (Wildman–Crippen LogP) is 11.6. The van der Waals surface area contributed by atoms with Crippen molar-refractivity contribution in [2.24, 2.45) is 0 Å². The SMILES string of the molecule is CCCCCCCC/C=C\CCCCCCCC(=O)NC(COC1OC(CO)C(OC2OC(CO)C(OC3OC(CO)C(O)C(O)C3O)C(O)C2O)C(O)C1O)C(O)CCCCCCCCCCCCCCCCCCCCCCCCCCCCCCCCCCC. The number of amides is 1. The fourth-order valence-electron chi connectivity index (χ4n) is 13.4. The second-order valence-corrected chi connectivity index (χ2v) is 27.8. The van der Waals surface area contributed by atoms with Gasteiger partial charge >= 0.3 is 0 Å².